The summed E-state index contributed by atoms with van der Waals surface area (Å²) < 4.78 is 25.3. The van der Waals surface area contributed by atoms with E-state index in [0.717, 1.165) is 5.39 Å². The van der Waals surface area contributed by atoms with E-state index in [2.05, 4.69) is 9.71 Å². The lowest BCUT2D eigenvalue weighted by atomic mass is 10.1. The van der Waals surface area contributed by atoms with Crippen molar-refractivity contribution in [3.05, 3.63) is 36.7 Å². The fourth-order valence-electron chi connectivity index (χ4n) is 1.58. The first-order valence-electron chi connectivity index (χ1n) is 5.03. The van der Waals surface area contributed by atoms with Crippen molar-refractivity contribution in [2.75, 3.05) is 10.5 Å². The van der Waals surface area contributed by atoms with E-state index in [-0.39, 0.29) is 0 Å². The summed E-state index contributed by atoms with van der Waals surface area (Å²) in [5.41, 5.74) is 0.344. The Hall–Kier alpha value is -2.15. The highest BCUT2D eigenvalue weighted by Crippen LogP contribution is 2.23. The zero-order chi connectivity index (χ0) is 13.2. The van der Waals surface area contributed by atoms with Crippen molar-refractivity contribution in [2.45, 2.75) is 0 Å². The molecule has 0 amide bonds. The highest BCUT2D eigenvalue weighted by atomic mass is 32.2. The Bertz CT molecular complexity index is 692. The molecule has 2 rings (SSSR count). The molecule has 18 heavy (non-hydrogen) atoms. The summed E-state index contributed by atoms with van der Waals surface area (Å²) in [5, 5.41) is 9.95. The number of pyridine rings is 1. The number of hydrogen-bond acceptors (Lipinski definition) is 4. The minimum absolute atomic E-state index is 0.344. The number of nitrogens with one attached hydrogen (secondary N) is 1. The number of hydrogen-bond donors (Lipinski definition) is 2. The molecule has 0 unspecified atom stereocenters. The molecule has 0 saturated carbocycles. The van der Waals surface area contributed by atoms with Gasteiger partial charge in [0.1, 0.15) is 0 Å². The van der Waals surface area contributed by atoms with Crippen LogP contribution < -0.4 is 4.72 Å². The van der Waals surface area contributed by atoms with E-state index in [0.29, 0.717) is 11.1 Å². The first-order valence-corrected chi connectivity index (χ1v) is 6.68. The zero-order valence-corrected chi connectivity index (χ0v) is 10.0. The van der Waals surface area contributed by atoms with Crippen molar-refractivity contribution in [3.63, 3.8) is 0 Å². The van der Waals surface area contributed by atoms with Crippen molar-refractivity contribution < 1.29 is 18.3 Å². The van der Waals surface area contributed by atoms with Crippen LogP contribution in [0.2, 0.25) is 0 Å². The lowest BCUT2D eigenvalue weighted by Crippen LogP contribution is -2.22. The third-order valence-electron chi connectivity index (χ3n) is 2.26. The average molecular weight is 266 g/mol. The van der Waals surface area contributed by atoms with Crippen LogP contribution >= 0.6 is 0 Å². The zero-order valence-electron chi connectivity index (χ0n) is 9.20. The maximum absolute atomic E-state index is 11.5. The van der Waals surface area contributed by atoms with Gasteiger partial charge in [0.25, 0.3) is 0 Å². The van der Waals surface area contributed by atoms with Gasteiger partial charge in [0.2, 0.25) is 10.0 Å². The predicted molar refractivity (Wildman–Crippen MR) is 66.8 cm³/mol. The van der Waals surface area contributed by atoms with Crippen LogP contribution in [0.1, 0.15) is 0 Å². The van der Waals surface area contributed by atoms with Crippen molar-refractivity contribution in [2.24, 2.45) is 0 Å². The second kappa shape index (κ2) is 4.61. The first kappa shape index (κ1) is 12.3. The molecule has 2 N–H and O–H groups in total. The van der Waals surface area contributed by atoms with Gasteiger partial charge in [-0.3, -0.25) is 14.5 Å². The summed E-state index contributed by atoms with van der Waals surface area (Å²) >= 11 is 0. The first-order chi connectivity index (χ1) is 8.48. The van der Waals surface area contributed by atoms with E-state index in [1.165, 1.54) is 6.20 Å². The summed E-state index contributed by atoms with van der Waals surface area (Å²) in [5.74, 6) is -2.36. The van der Waals surface area contributed by atoms with Gasteiger partial charge in [0.05, 0.1) is 5.69 Å². The second-order valence-corrected chi connectivity index (χ2v) is 5.38. The van der Waals surface area contributed by atoms with Gasteiger partial charge in [-0.15, -0.1) is 0 Å². The molecule has 0 radical (unpaired) electrons. The topological polar surface area (TPSA) is 96.4 Å². The van der Waals surface area contributed by atoms with Gasteiger partial charge in [0.15, 0.2) is 5.75 Å². The Kier molecular flexibility index (Phi) is 3.15. The van der Waals surface area contributed by atoms with E-state index in [9.17, 15) is 13.2 Å². The van der Waals surface area contributed by atoms with Gasteiger partial charge >= 0.3 is 5.97 Å². The largest absolute Gasteiger partial charge is 0.480 e. The van der Waals surface area contributed by atoms with E-state index in [4.69, 9.17) is 5.11 Å². The van der Waals surface area contributed by atoms with Crippen LogP contribution in [0.4, 0.5) is 5.69 Å². The number of aromatic nitrogens is 1. The molecule has 94 valence electrons. The molecule has 0 saturated heterocycles. The number of aliphatic carboxylic acids is 1. The molecule has 0 aliphatic rings. The number of benzene rings is 1. The normalized spacial score (nSPS) is 11.3. The lowest BCUT2D eigenvalue weighted by Gasteiger charge is -2.08. The minimum Gasteiger partial charge on any atom is -0.480 e. The minimum atomic E-state index is -3.90. The highest BCUT2D eigenvalue weighted by molar-refractivity contribution is 7.93. The smallest absolute Gasteiger partial charge is 0.320 e. The maximum Gasteiger partial charge on any atom is 0.320 e. The highest BCUT2D eigenvalue weighted by Gasteiger charge is 2.16. The number of anilines is 1. The standard InChI is InChI=1S/C11H10N2O4S/c14-11(15)7-18(16,17)13-10-3-1-2-8-6-12-5-4-9(8)10/h1-6,13H,7H2,(H,14,15). The van der Waals surface area contributed by atoms with Crippen LogP contribution in [0.15, 0.2) is 36.7 Å². The van der Waals surface area contributed by atoms with Crippen LogP contribution in [0, 0.1) is 0 Å². The molecule has 1 aromatic heterocycles. The Morgan fingerprint density at radius 1 is 1.33 bits per heavy atom. The van der Waals surface area contributed by atoms with Crippen LogP contribution in [-0.4, -0.2) is 30.2 Å². The summed E-state index contributed by atoms with van der Waals surface area (Å²) in [4.78, 5) is 14.4. The second-order valence-electron chi connectivity index (χ2n) is 3.66. The molecule has 0 bridgehead atoms. The number of fused-ring (bicyclic) bond motifs is 1. The van der Waals surface area contributed by atoms with Crippen molar-refractivity contribution in [3.8, 4) is 0 Å². The predicted octanol–water partition coefficient (Wildman–Crippen LogP) is 1.06. The lowest BCUT2D eigenvalue weighted by molar-refractivity contribution is -0.134. The van der Waals surface area contributed by atoms with Crippen molar-refractivity contribution >= 4 is 32.5 Å². The Labute approximate surface area is 103 Å². The van der Waals surface area contributed by atoms with Crippen molar-refractivity contribution in [1.29, 1.82) is 0 Å². The molecular formula is C11H10N2O4S. The van der Waals surface area contributed by atoms with Gasteiger partial charge in [-0.2, -0.15) is 0 Å². The van der Waals surface area contributed by atoms with Gasteiger partial charge in [-0.1, -0.05) is 12.1 Å². The number of sulfonamides is 1. The molecule has 7 heteroatoms. The average Bonchev–Trinajstić information content (AvgIpc) is 2.27. The summed E-state index contributed by atoms with van der Waals surface area (Å²) in [7, 11) is -3.90. The van der Waals surface area contributed by atoms with E-state index >= 15 is 0 Å². The van der Waals surface area contributed by atoms with Gasteiger partial charge < -0.3 is 5.11 Å². The molecule has 0 spiro atoms. The summed E-state index contributed by atoms with van der Waals surface area (Å²) in [6, 6.07) is 6.69. The molecule has 0 fully saturated rings. The Morgan fingerprint density at radius 2 is 2.11 bits per heavy atom. The maximum atomic E-state index is 11.5. The quantitative estimate of drug-likeness (QED) is 0.862. The molecule has 1 heterocycles. The third-order valence-corrected chi connectivity index (χ3v) is 3.42. The van der Waals surface area contributed by atoms with Gasteiger partial charge in [-0.05, 0) is 12.1 Å². The van der Waals surface area contributed by atoms with Crippen LogP contribution in [0.3, 0.4) is 0 Å². The number of carboxylic acids is 1. The fraction of sp³-hybridized carbons (Fsp3) is 0.0909. The molecule has 2 aromatic rings. The van der Waals surface area contributed by atoms with Crippen LogP contribution in [-0.2, 0) is 14.8 Å². The SMILES string of the molecule is O=C(O)CS(=O)(=O)Nc1cccc2cnccc12. The number of carboxylic acid groups (broad SMARTS) is 1. The molecule has 0 atom stereocenters. The molecule has 0 aliphatic heterocycles. The van der Waals surface area contributed by atoms with Crippen molar-refractivity contribution in [1.82, 2.24) is 4.98 Å². The fourth-order valence-corrected chi connectivity index (χ4v) is 2.49. The van der Waals surface area contributed by atoms with E-state index in [1.807, 2.05) is 0 Å². The molecular weight excluding hydrogens is 256 g/mol. The molecule has 6 nitrogen and oxygen atoms in total. The Morgan fingerprint density at radius 3 is 2.83 bits per heavy atom. The van der Waals surface area contributed by atoms with E-state index in [1.54, 1.807) is 30.5 Å². The molecule has 1 aromatic carbocycles. The van der Waals surface area contributed by atoms with Crippen LogP contribution in [0.5, 0.6) is 0 Å². The number of rotatable bonds is 4. The number of carbonyl (C=O) groups is 1. The van der Waals surface area contributed by atoms with Crippen LogP contribution in [0.25, 0.3) is 10.8 Å². The molecule has 0 aliphatic carbocycles. The van der Waals surface area contributed by atoms with E-state index < -0.39 is 21.7 Å². The van der Waals surface area contributed by atoms with Gasteiger partial charge in [0, 0.05) is 23.2 Å². The third kappa shape index (κ3) is 2.75. The summed E-state index contributed by atoms with van der Waals surface area (Å²) in [6.07, 6.45) is 3.14. The number of nitrogens with zero attached hydrogens (tertiary/aromatic N) is 1. The monoisotopic (exact) mass is 266 g/mol. The summed E-state index contributed by atoms with van der Waals surface area (Å²) in [6.45, 7) is 0. The Balaban J connectivity index is 2.41. The van der Waals surface area contributed by atoms with Gasteiger partial charge in [-0.25, -0.2) is 8.42 Å².